The number of alkyl halides is 1. The zero-order valence-corrected chi connectivity index (χ0v) is 8.13. The average molecular weight is 194 g/mol. The summed E-state index contributed by atoms with van der Waals surface area (Å²) in [5.41, 5.74) is -0.819. The van der Waals surface area contributed by atoms with Gasteiger partial charge in [0.25, 0.3) is 0 Å². The lowest BCUT2D eigenvalue weighted by Crippen LogP contribution is -2.60. The van der Waals surface area contributed by atoms with E-state index in [2.05, 4.69) is 5.32 Å². The average Bonchev–Trinajstić information content (AvgIpc) is 2.02. The van der Waals surface area contributed by atoms with Crippen molar-refractivity contribution in [1.82, 2.24) is 5.32 Å². The highest BCUT2D eigenvalue weighted by molar-refractivity contribution is 5.85. The Balaban J connectivity index is 0.000000720. The molecule has 0 bridgehead atoms. The van der Waals surface area contributed by atoms with E-state index in [9.17, 15) is 4.39 Å². The maximum absolute atomic E-state index is 13.7. The first-order chi connectivity index (χ1) is 5.31. The molecule has 12 heavy (non-hydrogen) atoms. The summed E-state index contributed by atoms with van der Waals surface area (Å²) in [4.78, 5) is 0. The summed E-state index contributed by atoms with van der Waals surface area (Å²) < 4.78 is 13.7. The topological polar surface area (TPSA) is 12.0 Å². The van der Waals surface area contributed by atoms with Gasteiger partial charge in [-0.15, -0.1) is 12.4 Å². The highest BCUT2D eigenvalue weighted by Crippen LogP contribution is 2.37. The molecule has 0 atom stereocenters. The van der Waals surface area contributed by atoms with Gasteiger partial charge in [-0.3, -0.25) is 0 Å². The highest BCUT2D eigenvalue weighted by atomic mass is 35.5. The lowest BCUT2D eigenvalue weighted by Gasteiger charge is -2.43. The molecule has 1 N–H and O–H groups in total. The molecule has 1 saturated carbocycles. The molecular formula is C9H17ClFN. The fourth-order valence-corrected chi connectivity index (χ4v) is 2.27. The normalized spacial score (nSPS) is 28.8. The zero-order chi connectivity index (χ0) is 7.73. The van der Waals surface area contributed by atoms with E-state index >= 15 is 0 Å². The molecule has 1 nitrogen and oxygen atoms in total. The molecular weight excluding hydrogens is 177 g/mol. The molecule has 1 saturated heterocycles. The zero-order valence-electron chi connectivity index (χ0n) is 7.31. The van der Waals surface area contributed by atoms with E-state index in [0.29, 0.717) is 19.0 Å². The van der Waals surface area contributed by atoms with Gasteiger partial charge in [0.05, 0.1) is 0 Å². The van der Waals surface area contributed by atoms with Crippen LogP contribution in [0.2, 0.25) is 0 Å². The van der Waals surface area contributed by atoms with Crippen LogP contribution in [-0.4, -0.2) is 18.8 Å². The third-order valence-electron chi connectivity index (χ3n) is 3.17. The Kier molecular flexibility index (Phi) is 3.36. The molecule has 2 fully saturated rings. The Morgan fingerprint density at radius 2 is 1.67 bits per heavy atom. The molecule has 0 spiro atoms. The third kappa shape index (κ3) is 1.74. The Hall–Kier alpha value is 0.180. The van der Waals surface area contributed by atoms with Crippen molar-refractivity contribution in [1.29, 1.82) is 0 Å². The molecule has 2 rings (SSSR count). The van der Waals surface area contributed by atoms with Gasteiger partial charge in [0.15, 0.2) is 0 Å². The van der Waals surface area contributed by atoms with E-state index in [-0.39, 0.29) is 12.4 Å². The minimum absolute atomic E-state index is 0. The number of hydrogen-bond donors (Lipinski definition) is 1. The van der Waals surface area contributed by atoms with E-state index < -0.39 is 5.67 Å². The van der Waals surface area contributed by atoms with Crippen LogP contribution in [0.5, 0.6) is 0 Å². The largest absolute Gasteiger partial charge is 0.310 e. The second-order valence-electron chi connectivity index (χ2n) is 3.97. The fraction of sp³-hybridized carbons (Fsp3) is 1.00. The second kappa shape index (κ2) is 3.93. The summed E-state index contributed by atoms with van der Waals surface area (Å²) in [7, 11) is 0. The molecule has 0 amide bonds. The summed E-state index contributed by atoms with van der Waals surface area (Å²) in [6.45, 7) is 1.22. The van der Waals surface area contributed by atoms with Gasteiger partial charge in [-0.25, -0.2) is 4.39 Å². The van der Waals surface area contributed by atoms with Gasteiger partial charge in [0, 0.05) is 13.1 Å². The standard InChI is InChI=1S/C9H16FN.ClH/c10-9(6-11-7-9)8-4-2-1-3-5-8;/h8,11H,1-7H2;1H. The first-order valence-corrected chi connectivity index (χ1v) is 4.71. The number of hydrogen-bond acceptors (Lipinski definition) is 1. The molecule has 72 valence electrons. The Bertz CT molecular complexity index is 141. The minimum atomic E-state index is -0.819. The molecule has 2 aliphatic rings. The van der Waals surface area contributed by atoms with Crippen LogP contribution in [0.25, 0.3) is 0 Å². The maximum Gasteiger partial charge on any atom is 0.138 e. The van der Waals surface area contributed by atoms with Gasteiger partial charge >= 0.3 is 0 Å². The first-order valence-electron chi connectivity index (χ1n) is 4.71. The van der Waals surface area contributed by atoms with Gasteiger partial charge in [0.2, 0.25) is 0 Å². The molecule has 0 aromatic carbocycles. The van der Waals surface area contributed by atoms with Gasteiger partial charge in [0.1, 0.15) is 5.67 Å². The van der Waals surface area contributed by atoms with Crippen molar-refractivity contribution in [3.63, 3.8) is 0 Å². The van der Waals surface area contributed by atoms with Crippen LogP contribution in [-0.2, 0) is 0 Å². The molecule has 0 unspecified atom stereocenters. The van der Waals surface area contributed by atoms with Crippen LogP contribution < -0.4 is 5.32 Å². The minimum Gasteiger partial charge on any atom is -0.310 e. The summed E-state index contributed by atoms with van der Waals surface area (Å²) in [6, 6.07) is 0. The van der Waals surface area contributed by atoms with Crippen molar-refractivity contribution in [2.24, 2.45) is 5.92 Å². The quantitative estimate of drug-likeness (QED) is 0.674. The summed E-state index contributed by atoms with van der Waals surface area (Å²) >= 11 is 0. The highest BCUT2D eigenvalue weighted by Gasteiger charge is 2.44. The van der Waals surface area contributed by atoms with Crippen LogP contribution in [0.3, 0.4) is 0 Å². The van der Waals surface area contributed by atoms with Gasteiger partial charge in [-0.1, -0.05) is 19.3 Å². The van der Waals surface area contributed by atoms with Crippen molar-refractivity contribution in [2.45, 2.75) is 37.8 Å². The van der Waals surface area contributed by atoms with Gasteiger partial charge in [-0.2, -0.15) is 0 Å². The fourth-order valence-electron chi connectivity index (χ4n) is 2.27. The molecule has 1 heterocycles. The predicted molar refractivity (Wildman–Crippen MR) is 50.5 cm³/mol. The van der Waals surface area contributed by atoms with Crippen molar-refractivity contribution in [3.8, 4) is 0 Å². The summed E-state index contributed by atoms with van der Waals surface area (Å²) in [5, 5.41) is 3.02. The van der Waals surface area contributed by atoms with E-state index in [1.807, 2.05) is 0 Å². The summed E-state index contributed by atoms with van der Waals surface area (Å²) in [6.07, 6.45) is 6.06. The van der Waals surface area contributed by atoms with Crippen LogP contribution in [0.15, 0.2) is 0 Å². The Morgan fingerprint density at radius 3 is 2.08 bits per heavy atom. The van der Waals surface area contributed by atoms with Crippen LogP contribution >= 0.6 is 12.4 Å². The van der Waals surface area contributed by atoms with E-state index in [1.165, 1.54) is 19.3 Å². The summed E-state index contributed by atoms with van der Waals surface area (Å²) in [5.74, 6) is 0.373. The molecule has 1 aliphatic heterocycles. The first kappa shape index (κ1) is 10.3. The molecule has 1 aliphatic carbocycles. The van der Waals surface area contributed by atoms with Crippen LogP contribution in [0, 0.1) is 5.92 Å². The SMILES string of the molecule is Cl.FC1(C2CCCCC2)CNC1. The monoisotopic (exact) mass is 193 g/mol. The second-order valence-corrected chi connectivity index (χ2v) is 3.97. The lowest BCUT2D eigenvalue weighted by molar-refractivity contribution is 0.00620. The van der Waals surface area contributed by atoms with Crippen molar-refractivity contribution < 1.29 is 4.39 Å². The maximum atomic E-state index is 13.7. The van der Waals surface area contributed by atoms with Crippen molar-refractivity contribution in [2.75, 3.05) is 13.1 Å². The van der Waals surface area contributed by atoms with Crippen molar-refractivity contribution in [3.05, 3.63) is 0 Å². The predicted octanol–water partition coefficient (Wildman–Crippen LogP) is 2.30. The van der Waals surface area contributed by atoms with Gasteiger partial charge < -0.3 is 5.32 Å². The smallest absolute Gasteiger partial charge is 0.138 e. The molecule has 0 aromatic rings. The number of rotatable bonds is 1. The Labute approximate surface area is 79.5 Å². The lowest BCUT2D eigenvalue weighted by atomic mass is 9.75. The van der Waals surface area contributed by atoms with Crippen LogP contribution in [0.1, 0.15) is 32.1 Å². The van der Waals surface area contributed by atoms with E-state index in [1.54, 1.807) is 0 Å². The third-order valence-corrected chi connectivity index (χ3v) is 3.17. The molecule has 0 radical (unpaired) electrons. The van der Waals surface area contributed by atoms with E-state index in [4.69, 9.17) is 0 Å². The Morgan fingerprint density at radius 1 is 1.08 bits per heavy atom. The van der Waals surface area contributed by atoms with E-state index in [0.717, 1.165) is 12.8 Å². The van der Waals surface area contributed by atoms with Crippen LogP contribution in [0.4, 0.5) is 4.39 Å². The number of nitrogens with one attached hydrogen (secondary N) is 1. The molecule has 3 heteroatoms. The number of halogens is 2. The molecule has 0 aromatic heterocycles. The van der Waals surface area contributed by atoms with Crippen molar-refractivity contribution >= 4 is 12.4 Å². The van der Waals surface area contributed by atoms with Gasteiger partial charge in [-0.05, 0) is 18.8 Å².